The molecule has 3 nitrogen and oxygen atoms in total. The average Bonchev–Trinajstić information content (AvgIpc) is 3.12. The summed E-state index contributed by atoms with van der Waals surface area (Å²) in [7, 11) is 1.81. The first-order valence-electron chi connectivity index (χ1n) is 8.24. The molecular weight excluding hydrogens is 280 g/mol. The van der Waals surface area contributed by atoms with Crippen molar-refractivity contribution in [3.8, 4) is 0 Å². The Bertz CT molecular complexity index is 483. The minimum atomic E-state index is -0.136. The van der Waals surface area contributed by atoms with Gasteiger partial charge in [-0.1, -0.05) is 0 Å². The maximum atomic E-state index is 5.70. The van der Waals surface area contributed by atoms with Crippen LogP contribution in [0.15, 0.2) is 0 Å². The van der Waals surface area contributed by atoms with Crippen molar-refractivity contribution in [3.05, 3.63) is 15.6 Å². The van der Waals surface area contributed by atoms with Gasteiger partial charge in [0, 0.05) is 24.4 Å². The molecule has 0 aromatic carbocycles. The molecular formula is C17H28N2OS. The lowest BCUT2D eigenvalue weighted by Crippen LogP contribution is -2.46. The van der Waals surface area contributed by atoms with Crippen LogP contribution in [-0.4, -0.2) is 23.7 Å². The molecule has 0 saturated heterocycles. The quantitative estimate of drug-likeness (QED) is 0.868. The van der Waals surface area contributed by atoms with Crippen LogP contribution in [0, 0.1) is 0 Å². The fourth-order valence-corrected chi connectivity index (χ4v) is 4.64. The molecule has 1 unspecified atom stereocenters. The molecule has 1 heterocycles. The topological polar surface area (TPSA) is 34.1 Å². The normalized spacial score (nSPS) is 21.9. The molecule has 1 aromatic heterocycles. The van der Waals surface area contributed by atoms with E-state index in [4.69, 9.17) is 9.72 Å². The maximum Gasteiger partial charge on any atom is 0.113 e. The number of methoxy groups -OCH3 is 1. The van der Waals surface area contributed by atoms with Crippen molar-refractivity contribution in [2.24, 2.45) is 0 Å². The molecule has 0 amide bonds. The van der Waals surface area contributed by atoms with Gasteiger partial charge in [-0.2, -0.15) is 0 Å². The lowest BCUT2D eigenvalue weighted by Gasteiger charge is -2.36. The van der Waals surface area contributed by atoms with Gasteiger partial charge in [0.05, 0.1) is 16.8 Å². The molecule has 0 bridgehead atoms. The molecule has 0 radical (unpaired) electrons. The zero-order chi connectivity index (χ0) is 15.1. The largest absolute Gasteiger partial charge is 0.379 e. The second-order valence-corrected chi connectivity index (χ2v) is 8.57. The van der Waals surface area contributed by atoms with E-state index in [1.807, 2.05) is 18.4 Å². The van der Waals surface area contributed by atoms with Gasteiger partial charge in [0.2, 0.25) is 0 Å². The summed E-state index contributed by atoms with van der Waals surface area (Å²) in [5.74, 6) is 0. The number of nitrogens with one attached hydrogen (secondary N) is 1. The van der Waals surface area contributed by atoms with Gasteiger partial charge in [-0.3, -0.25) is 0 Å². The van der Waals surface area contributed by atoms with Gasteiger partial charge in [0.15, 0.2) is 0 Å². The van der Waals surface area contributed by atoms with Gasteiger partial charge >= 0.3 is 0 Å². The molecule has 0 spiro atoms. The SMILES string of the molecule is COC(C)(C)CC(C)(NC1CC1)c1nc2c(s1)CCCC2. The fourth-order valence-electron chi connectivity index (χ4n) is 3.38. The molecule has 1 saturated carbocycles. The molecule has 1 fully saturated rings. The highest BCUT2D eigenvalue weighted by atomic mass is 32.1. The first-order chi connectivity index (χ1) is 9.92. The first kappa shape index (κ1) is 15.4. The number of thiazole rings is 1. The molecule has 1 aromatic rings. The van der Waals surface area contributed by atoms with Crippen LogP contribution in [0.1, 0.15) is 68.5 Å². The van der Waals surface area contributed by atoms with Crippen molar-refractivity contribution in [2.45, 2.75) is 82.9 Å². The minimum absolute atomic E-state index is 0.0668. The van der Waals surface area contributed by atoms with Gasteiger partial charge in [-0.25, -0.2) is 4.98 Å². The fraction of sp³-hybridized carbons (Fsp3) is 0.824. The number of ether oxygens (including phenoxy) is 1. The third kappa shape index (κ3) is 3.49. The summed E-state index contributed by atoms with van der Waals surface area (Å²) in [5, 5.41) is 5.12. The molecule has 0 aliphatic heterocycles. The highest BCUT2D eigenvalue weighted by Crippen LogP contribution is 2.39. The van der Waals surface area contributed by atoms with E-state index in [1.165, 1.54) is 54.1 Å². The van der Waals surface area contributed by atoms with Crippen molar-refractivity contribution >= 4 is 11.3 Å². The van der Waals surface area contributed by atoms with Crippen LogP contribution in [0.5, 0.6) is 0 Å². The zero-order valence-electron chi connectivity index (χ0n) is 13.8. The van der Waals surface area contributed by atoms with Crippen LogP contribution < -0.4 is 5.32 Å². The summed E-state index contributed by atoms with van der Waals surface area (Å²) in [4.78, 5) is 6.55. The number of aryl methyl sites for hydroxylation is 2. The zero-order valence-corrected chi connectivity index (χ0v) is 14.6. The third-order valence-corrected chi connectivity index (χ3v) is 6.17. The van der Waals surface area contributed by atoms with Crippen LogP contribution in [-0.2, 0) is 23.1 Å². The Morgan fingerprint density at radius 1 is 1.24 bits per heavy atom. The highest BCUT2D eigenvalue weighted by Gasteiger charge is 2.41. The summed E-state index contributed by atoms with van der Waals surface area (Å²) >= 11 is 1.93. The molecule has 21 heavy (non-hydrogen) atoms. The summed E-state index contributed by atoms with van der Waals surface area (Å²) in [6.45, 7) is 6.66. The smallest absolute Gasteiger partial charge is 0.113 e. The summed E-state index contributed by atoms with van der Waals surface area (Å²) < 4.78 is 5.70. The lowest BCUT2D eigenvalue weighted by atomic mass is 9.87. The predicted octanol–water partition coefficient (Wildman–Crippen LogP) is 3.80. The van der Waals surface area contributed by atoms with Crippen LogP contribution in [0.2, 0.25) is 0 Å². The van der Waals surface area contributed by atoms with Crippen LogP contribution in [0.4, 0.5) is 0 Å². The standard InChI is InChI=1S/C17H28N2OS/c1-16(2,20-4)11-17(3,19-12-9-10-12)15-18-13-7-5-6-8-14(13)21-15/h12,19H,5-11H2,1-4H3. The van der Waals surface area contributed by atoms with E-state index < -0.39 is 0 Å². The molecule has 2 aliphatic carbocycles. The van der Waals surface area contributed by atoms with E-state index in [-0.39, 0.29) is 11.1 Å². The predicted molar refractivity (Wildman–Crippen MR) is 88.0 cm³/mol. The van der Waals surface area contributed by atoms with Gasteiger partial charge in [0.1, 0.15) is 5.01 Å². The summed E-state index contributed by atoms with van der Waals surface area (Å²) in [5.41, 5.74) is 1.16. The van der Waals surface area contributed by atoms with E-state index in [0.29, 0.717) is 6.04 Å². The van der Waals surface area contributed by atoms with Crippen molar-refractivity contribution < 1.29 is 4.74 Å². The monoisotopic (exact) mass is 308 g/mol. The Morgan fingerprint density at radius 3 is 2.57 bits per heavy atom. The maximum absolute atomic E-state index is 5.70. The first-order valence-corrected chi connectivity index (χ1v) is 9.05. The Hall–Kier alpha value is -0.450. The Kier molecular flexibility index (Phi) is 4.15. The Labute approximate surface area is 132 Å². The van der Waals surface area contributed by atoms with Gasteiger partial charge in [-0.15, -0.1) is 11.3 Å². The van der Waals surface area contributed by atoms with E-state index in [2.05, 4.69) is 26.1 Å². The molecule has 3 rings (SSSR count). The van der Waals surface area contributed by atoms with Gasteiger partial charge < -0.3 is 10.1 Å². The second kappa shape index (κ2) is 5.64. The van der Waals surface area contributed by atoms with Crippen molar-refractivity contribution in [1.82, 2.24) is 10.3 Å². The van der Waals surface area contributed by atoms with Crippen LogP contribution in [0.25, 0.3) is 0 Å². The molecule has 4 heteroatoms. The molecule has 118 valence electrons. The van der Waals surface area contributed by atoms with E-state index >= 15 is 0 Å². The summed E-state index contributed by atoms with van der Waals surface area (Å²) in [6.07, 6.45) is 8.57. The number of hydrogen-bond donors (Lipinski definition) is 1. The van der Waals surface area contributed by atoms with Crippen LogP contribution >= 0.6 is 11.3 Å². The Balaban J connectivity index is 1.88. The number of hydrogen-bond acceptors (Lipinski definition) is 4. The number of aromatic nitrogens is 1. The van der Waals surface area contributed by atoms with E-state index in [1.54, 1.807) is 0 Å². The summed E-state index contributed by atoms with van der Waals surface area (Å²) in [6, 6.07) is 0.670. The lowest BCUT2D eigenvalue weighted by molar-refractivity contribution is -0.00763. The Morgan fingerprint density at radius 2 is 1.95 bits per heavy atom. The number of nitrogens with zero attached hydrogens (tertiary/aromatic N) is 1. The highest BCUT2D eigenvalue weighted by molar-refractivity contribution is 7.11. The second-order valence-electron chi connectivity index (χ2n) is 7.49. The van der Waals surface area contributed by atoms with Crippen LogP contribution in [0.3, 0.4) is 0 Å². The third-order valence-electron chi connectivity index (χ3n) is 4.75. The number of rotatable bonds is 6. The van der Waals surface area contributed by atoms with Crippen molar-refractivity contribution in [1.29, 1.82) is 0 Å². The van der Waals surface area contributed by atoms with E-state index in [0.717, 1.165) is 6.42 Å². The number of fused-ring (bicyclic) bond motifs is 1. The molecule has 1 atom stereocenters. The minimum Gasteiger partial charge on any atom is -0.379 e. The van der Waals surface area contributed by atoms with Gasteiger partial charge in [0.25, 0.3) is 0 Å². The van der Waals surface area contributed by atoms with Crippen molar-refractivity contribution in [3.63, 3.8) is 0 Å². The molecule has 2 aliphatic rings. The average molecular weight is 308 g/mol. The molecule has 1 N–H and O–H groups in total. The van der Waals surface area contributed by atoms with E-state index in [9.17, 15) is 0 Å². The van der Waals surface area contributed by atoms with Gasteiger partial charge in [-0.05, 0) is 59.3 Å². The van der Waals surface area contributed by atoms with Crippen molar-refractivity contribution in [2.75, 3.05) is 7.11 Å².